The van der Waals surface area contributed by atoms with Crippen LogP contribution in [0.5, 0.6) is 0 Å². The van der Waals surface area contributed by atoms with Crippen LogP contribution in [0, 0.1) is 11.3 Å². The molecule has 5 rings (SSSR count). The Morgan fingerprint density at radius 2 is 2.11 bits per heavy atom. The molecular weight excluding hydrogens is 526 g/mol. The highest BCUT2D eigenvalue weighted by molar-refractivity contribution is 7.11. The largest absolute Gasteiger partial charge is 0.444 e. The summed E-state index contributed by atoms with van der Waals surface area (Å²) in [6, 6.07) is 7.49. The molecule has 2 aliphatic rings. The molecule has 38 heavy (non-hydrogen) atoms. The van der Waals surface area contributed by atoms with E-state index in [9.17, 15) is 14.9 Å². The SMILES string of the molecule is CC(C)(C)OC(=O)N1CCc2nc(Cn3cc(C(=O)N[C@H]4C[C@@H](c5cc(Cl)ccc5C#N)C4)nn3)sc2C1. The summed E-state index contributed by atoms with van der Waals surface area (Å²) < 4.78 is 7.09. The minimum Gasteiger partial charge on any atom is -0.444 e. The monoisotopic (exact) mass is 553 g/mol. The van der Waals surface area contributed by atoms with Gasteiger partial charge in [0.2, 0.25) is 0 Å². The number of halogens is 1. The van der Waals surface area contributed by atoms with Crippen LogP contribution in [0.3, 0.4) is 0 Å². The summed E-state index contributed by atoms with van der Waals surface area (Å²) in [7, 11) is 0. The fourth-order valence-corrected chi connectivity index (χ4v) is 5.94. The Morgan fingerprint density at radius 1 is 1.32 bits per heavy atom. The van der Waals surface area contributed by atoms with Crippen molar-refractivity contribution in [3.8, 4) is 6.07 Å². The second-order valence-corrected chi connectivity index (χ2v) is 12.2. The number of rotatable bonds is 5. The molecule has 1 aliphatic heterocycles. The molecule has 0 atom stereocenters. The van der Waals surface area contributed by atoms with Crippen LogP contribution in [0.25, 0.3) is 0 Å². The first kappa shape index (κ1) is 26.1. The molecule has 0 unspecified atom stereocenters. The maximum atomic E-state index is 12.7. The molecule has 12 heteroatoms. The topological polar surface area (TPSA) is 126 Å². The zero-order chi connectivity index (χ0) is 27.0. The predicted octanol–water partition coefficient (Wildman–Crippen LogP) is 4.28. The van der Waals surface area contributed by atoms with Crippen LogP contribution in [0.4, 0.5) is 4.79 Å². The van der Waals surface area contributed by atoms with Crippen LogP contribution in [0.15, 0.2) is 24.4 Å². The van der Waals surface area contributed by atoms with E-state index < -0.39 is 5.60 Å². The first-order valence-corrected chi connectivity index (χ1v) is 13.6. The van der Waals surface area contributed by atoms with E-state index in [4.69, 9.17) is 21.3 Å². The zero-order valence-corrected chi connectivity index (χ0v) is 23.0. The van der Waals surface area contributed by atoms with E-state index in [1.807, 2.05) is 26.8 Å². The number of aromatic nitrogens is 4. The van der Waals surface area contributed by atoms with Crippen molar-refractivity contribution < 1.29 is 14.3 Å². The van der Waals surface area contributed by atoms with Gasteiger partial charge in [-0.1, -0.05) is 16.8 Å². The molecule has 198 valence electrons. The molecular formula is C26H28ClN7O3S. The number of hydrogen-bond acceptors (Lipinski definition) is 8. The van der Waals surface area contributed by atoms with E-state index in [-0.39, 0.29) is 29.7 Å². The third-order valence-electron chi connectivity index (χ3n) is 6.54. The first-order chi connectivity index (χ1) is 18.1. The highest BCUT2D eigenvalue weighted by atomic mass is 35.5. The maximum Gasteiger partial charge on any atom is 0.410 e. The van der Waals surface area contributed by atoms with Gasteiger partial charge >= 0.3 is 6.09 Å². The fourth-order valence-electron chi connectivity index (χ4n) is 4.64. The molecule has 3 heterocycles. The van der Waals surface area contributed by atoms with Crippen molar-refractivity contribution in [3.63, 3.8) is 0 Å². The number of nitrogens with one attached hydrogen (secondary N) is 1. The van der Waals surface area contributed by atoms with Crippen LogP contribution >= 0.6 is 22.9 Å². The Morgan fingerprint density at radius 3 is 2.84 bits per heavy atom. The Kier molecular flexibility index (Phi) is 7.11. The number of carbonyl (C=O) groups excluding carboxylic acids is 2. The predicted molar refractivity (Wildman–Crippen MR) is 141 cm³/mol. The van der Waals surface area contributed by atoms with Gasteiger partial charge in [0.25, 0.3) is 5.91 Å². The van der Waals surface area contributed by atoms with Gasteiger partial charge in [0, 0.05) is 28.9 Å². The number of amides is 2. The molecule has 2 amide bonds. The van der Waals surface area contributed by atoms with Crippen LogP contribution < -0.4 is 5.32 Å². The van der Waals surface area contributed by atoms with Gasteiger partial charge < -0.3 is 15.0 Å². The Hall–Kier alpha value is -3.49. The first-order valence-electron chi connectivity index (χ1n) is 12.4. The van der Waals surface area contributed by atoms with E-state index in [1.54, 1.807) is 27.9 Å². The molecule has 0 saturated heterocycles. The molecule has 10 nitrogen and oxygen atoms in total. The third-order valence-corrected chi connectivity index (χ3v) is 7.85. The van der Waals surface area contributed by atoms with Crippen molar-refractivity contribution in [1.82, 2.24) is 30.2 Å². The Bertz CT molecular complexity index is 1410. The van der Waals surface area contributed by atoms with Crippen molar-refractivity contribution in [2.24, 2.45) is 0 Å². The van der Waals surface area contributed by atoms with E-state index in [0.29, 0.717) is 36.6 Å². The molecule has 1 fully saturated rings. The molecule has 0 spiro atoms. The number of nitrogens with zero attached hydrogens (tertiary/aromatic N) is 6. The summed E-state index contributed by atoms with van der Waals surface area (Å²) in [6.07, 6.45) is 3.44. The lowest BCUT2D eigenvalue weighted by Gasteiger charge is -2.36. The van der Waals surface area contributed by atoms with Crippen molar-refractivity contribution >= 4 is 34.9 Å². The lowest BCUT2D eigenvalue weighted by Crippen LogP contribution is -2.43. The van der Waals surface area contributed by atoms with Gasteiger partial charge in [-0.15, -0.1) is 16.4 Å². The summed E-state index contributed by atoms with van der Waals surface area (Å²) in [5.74, 6) is -0.0933. The number of fused-ring (bicyclic) bond motifs is 1. The minimum absolute atomic E-state index is 0.00165. The average Bonchev–Trinajstić information content (AvgIpc) is 3.46. The van der Waals surface area contributed by atoms with Gasteiger partial charge in [0.1, 0.15) is 10.6 Å². The normalized spacial score (nSPS) is 18.8. The molecule has 0 bridgehead atoms. The highest BCUT2D eigenvalue weighted by Crippen LogP contribution is 2.39. The smallest absolute Gasteiger partial charge is 0.410 e. The van der Waals surface area contributed by atoms with Gasteiger partial charge in [-0.3, -0.25) is 4.79 Å². The van der Waals surface area contributed by atoms with Crippen molar-refractivity contribution in [2.45, 2.75) is 70.7 Å². The number of carbonyl (C=O) groups is 2. The summed E-state index contributed by atoms with van der Waals surface area (Å²) in [4.78, 5) is 32.6. The standard InChI is InChI=1S/C26H28ClN7O3S/c1-26(2,3)37-25(36)33-7-6-20-22(13-33)38-23(30-20)14-34-12-21(31-32-34)24(35)29-18-8-16(9-18)19-10-17(27)5-4-15(19)11-28/h4-5,10,12,16,18H,6-9,13-14H2,1-3H3,(H,29,35)/t16-,18+. The second kappa shape index (κ2) is 10.3. The summed E-state index contributed by atoms with van der Waals surface area (Å²) in [6.45, 7) is 6.99. The molecule has 0 radical (unpaired) electrons. The molecule has 1 aromatic carbocycles. The number of nitriles is 1. The highest BCUT2D eigenvalue weighted by Gasteiger charge is 2.34. The van der Waals surface area contributed by atoms with E-state index in [1.165, 1.54) is 11.3 Å². The summed E-state index contributed by atoms with van der Waals surface area (Å²) in [5, 5.41) is 21.9. The number of thiazole rings is 1. The second-order valence-electron chi connectivity index (χ2n) is 10.6. The van der Waals surface area contributed by atoms with Gasteiger partial charge in [-0.2, -0.15) is 5.26 Å². The fraction of sp³-hybridized carbons (Fsp3) is 0.462. The molecule has 2 aromatic heterocycles. The Labute approximate surface area is 229 Å². The summed E-state index contributed by atoms with van der Waals surface area (Å²) in [5.41, 5.74) is 2.24. The number of hydrogen-bond donors (Lipinski definition) is 1. The van der Waals surface area contributed by atoms with E-state index in [0.717, 1.165) is 34.0 Å². The van der Waals surface area contributed by atoms with Gasteiger partial charge in [0.15, 0.2) is 5.69 Å². The third kappa shape index (κ3) is 5.81. The van der Waals surface area contributed by atoms with Gasteiger partial charge in [-0.05, 0) is 63.3 Å². The van der Waals surface area contributed by atoms with Gasteiger partial charge in [-0.25, -0.2) is 14.5 Å². The zero-order valence-electron chi connectivity index (χ0n) is 21.4. The van der Waals surface area contributed by atoms with E-state index in [2.05, 4.69) is 21.7 Å². The molecule has 3 aromatic rings. The van der Waals surface area contributed by atoms with Gasteiger partial charge in [0.05, 0.1) is 36.6 Å². The van der Waals surface area contributed by atoms with E-state index >= 15 is 0 Å². The molecule has 1 saturated carbocycles. The number of benzene rings is 1. The van der Waals surface area contributed by atoms with Crippen molar-refractivity contribution in [3.05, 3.63) is 61.8 Å². The maximum absolute atomic E-state index is 12.7. The van der Waals surface area contributed by atoms with Crippen molar-refractivity contribution in [2.75, 3.05) is 6.54 Å². The number of ether oxygens (including phenoxy) is 1. The summed E-state index contributed by atoms with van der Waals surface area (Å²) >= 11 is 7.64. The van der Waals surface area contributed by atoms with Crippen molar-refractivity contribution in [1.29, 1.82) is 5.26 Å². The quantitative estimate of drug-likeness (QED) is 0.499. The average molecular weight is 554 g/mol. The van der Waals surface area contributed by atoms with Crippen LogP contribution in [-0.2, 0) is 24.2 Å². The molecule has 1 N–H and O–H groups in total. The lowest BCUT2D eigenvalue weighted by molar-refractivity contribution is 0.0225. The molecule has 1 aliphatic carbocycles. The van der Waals surface area contributed by atoms with Crippen LogP contribution in [0.2, 0.25) is 5.02 Å². The minimum atomic E-state index is -0.537. The lowest BCUT2D eigenvalue weighted by atomic mass is 9.74. The Balaban J connectivity index is 1.14. The van der Waals surface area contributed by atoms with Crippen LogP contribution in [0.1, 0.15) is 76.7 Å². The van der Waals surface area contributed by atoms with Crippen LogP contribution in [-0.4, -0.2) is 55.1 Å².